The van der Waals surface area contributed by atoms with E-state index in [9.17, 15) is 48.3 Å². The molecule has 1 nitrogen and oxygen atoms in total. The predicted molar refractivity (Wildman–Crippen MR) is 92.4 cm³/mol. The molecule has 0 fully saturated rings. The smallest absolute Gasteiger partial charge is 0.460 e. The second-order valence-electron chi connectivity index (χ2n) is 7.11. The number of hydrogen-bond donors (Lipinski definition) is 0. The molecule has 1 atom stereocenters. The molecular weight excluding hydrogens is 465 g/mol. The highest BCUT2D eigenvalue weighted by molar-refractivity contribution is 5.37. The molecule has 1 aromatic carbocycles. The van der Waals surface area contributed by atoms with Crippen molar-refractivity contribution in [2.45, 2.75) is 55.5 Å². The second kappa shape index (κ2) is 9.30. The Morgan fingerprint density at radius 1 is 0.812 bits per heavy atom. The molecule has 1 aromatic rings. The minimum Gasteiger partial charge on any atom is -0.494 e. The van der Waals surface area contributed by atoms with Crippen molar-refractivity contribution < 1.29 is 53.0 Å². The van der Waals surface area contributed by atoms with Gasteiger partial charge in [-0.3, -0.25) is 0 Å². The van der Waals surface area contributed by atoms with Crippen molar-refractivity contribution in [3.05, 3.63) is 53.6 Å². The van der Waals surface area contributed by atoms with Crippen LogP contribution in [0.2, 0.25) is 0 Å². The Morgan fingerprint density at radius 2 is 1.41 bits per heavy atom. The number of rotatable bonds is 9. The van der Waals surface area contributed by atoms with Crippen LogP contribution in [0.5, 0.6) is 5.75 Å². The lowest BCUT2D eigenvalue weighted by Gasteiger charge is -2.33. The van der Waals surface area contributed by atoms with Crippen molar-refractivity contribution in [3.8, 4) is 5.75 Å². The molecule has 180 valence electrons. The third kappa shape index (κ3) is 5.20. The Balaban J connectivity index is 1.85. The van der Waals surface area contributed by atoms with E-state index in [2.05, 4.69) is 0 Å². The number of unbranched alkanes of at least 4 members (excludes halogenated alkanes) is 1. The summed E-state index contributed by atoms with van der Waals surface area (Å²) in [6, 6.07) is 5.59. The highest BCUT2D eigenvalue weighted by atomic mass is 19.4. The Hall–Kier alpha value is -2.27. The number of benzene rings is 1. The molecule has 0 aliphatic heterocycles. The van der Waals surface area contributed by atoms with Gasteiger partial charge in [-0.2, -0.15) is 39.5 Å². The Bertz CT molecular complexity index is 838. The van der Waals surface area contributed by atoms with Gasteiger partial charge in [-0.25, -0.2) is 8.78 Å². The average molecular weight is 482 g/mol. The Morgan fingerprint density at radius 3 is 1.97 bits per heavy atom. The van der Waals surface area contributed by atoms with E-state index in [-0.39, 0.29) is 25.2 Å². The molecular formula is C20H17F11O. The van der Waals surface area contributed by atoms with Gasteiger partial charge in [0, 0.05) is 12.3 Å². The van der Waals surface area contributed by atoms with Crippen molar-refractivity contribution in [1.82, 2.24) is 0 Å². The number of hydrogen-bond acceptors (Lipinski definition) is 1. The van der Waals surface area contributed by atoms with Crippen LogP contribution in [-0.4, -0.2) is 30.6 Å². The van der Waals surface area contributed by atoms with Crippen LogP contribution < -0.4 is 4.74 Å². The summed E-state index contributed by atoms with van der Waals surface area (Å²) in [7, 11) is 0. The third-order valence-electron chi connectivity index (χ3n) is 4.82. The molecule has 1 aliphatic carbocycles. The van der Waals surface area contributed by atoms with Crippen LogP contribution >= 0.6 is 0 Å². The molecule has 0 heterocycles. The maximum Gasteiger partial charge on any atom is 0.460 e. The van der Waals surface area contributed by atoms with E-state index in [1.54, 1.807) is 0 Å². The lowest BCUT2D eigenvalue weighted by Crippen LogP contribution is -2.60. The van der Waals surface area contributed by atoms with Gasteiger partial charge >= 0.3 is 23.9 Å². The van der Waals surface area contributed by atoms with E-state index in [4.69, 9.17) is 4.74 Å². The summed E-state index contributed by atoms with van der Waals surface area (Å²) < 4.78 is 147. The molecule has 0 saturated heterocycles. The number of allylic oxidation sites excluding steroid dienone is 4. The van der Waals surface area contributed by atoms with Crippen LogP contribution in [0, 0.1) is 0 Å². The first-order valence-electron chi connectivity index (χ1n) is 9.26. The first-order valence-corrected chi connectivity index (χ1v) is 9.26. The van der Waals surface area contributed by atoms with Gasteiger partial charge in [0.1, 0.15) is 11.6 Å². The maximum atomic E-state index is 13.8. The van der Waals surface area contributed by atoms with Crippen molar-refractivity contribution in [2.75, 3.05) is 6.61 Å². The summed E-state index contributed by atoms with van der Waals surface area (Å²) in [6.07, 6.45) is -7.23. The highest BCUT2D eigenvalue weighted by Gasteiger charge is 2.81. The van der Waals surface area contributed by atoms with Gasteiger partial charge in [0.05, 0.1) is 6.61 Å². The molecule has 1 aliphatic rings. The largest absolute Gasteiger partial charge is 0.494 e. The van der Waals surface area contributed by atoms with Crippen LogP contribution in [0.3, 0.4) is 0 Å². The zero-order valence-electron chi connectivity index (χ0n) is 16.1. The molecule has 0 amide bonds. The zero-order valence-corrected chi connectivity index (χ0v) is 16.1. The fourth-order valence-electron chi connectivity index (χ4n) is 2.94. The van der Waals surface area contributed by atoms with Crippen molar-refractivity contribution >= 4 is 0 Å². The highest BCUT2D eigenvalue weighted by Crippen LogP contribution is 2.54. The van der Waals surface area contributed by atoms with E-state index in [1.807, 2.05) is 0 Å². The summed E-state index contributed by atoms with van der Waals surface area (Å²) in [5.74, 6) is -21.7. The Labute approximate surface area is 175 Å². The van der Waals surface area contributed by atoms with E-state index in [0.717, 1.165) is 6.08 Å². The standard InChI is InChI=1S/C20H17F11O/c21-15-5-3-4-14(16(15)22)12-6-8-13(9-7-12)32-11-2-1-10-17(23,24)18(25,26)19(27,28)20(29,30)31/h3,5-9,14H,1-2,4,10-11H2. The summed E-state index contributed by atoms with van der Waals surface area (Å²) in [4.78, 5) is 0. The van der Waals surface area contributed by atoms with Gasteiger partial charge in [0.25, 0.3) is 0 Å². The van der Waals surface area contributed by atoms with Crippen molar-refractivity contribution in [3.63, 3.8) is 0 Å². The van der Waals surface area contributed by atoms with Gasteiger partial charge in [-0.15, -0.1) is 0 Å². The molecule has 0 bridgehead atoms. The number of ether oxygens (including phenoxy) is 1. The summed E-state index contributed by atoms with van der Waals surface area (Å²) in [5.41, 5.74) is 0.432. The molecule has 0 N–H and O–H groups in total. The van der Waals surface area contributed by atoms with Gasteiger partial charge in [0.15, 0.2) is 5.83 Å². The van der Waals surface area contributed by atoms with Crippen LogP contribution in [0.25, 0.3) is 0 Å². The second-order valence-corrected chi connectivity index (χ2v) is 7.11. The topological polar surface area (TPSA) is 9.23 Å². The van der Waals surface area contributed by atoms with Crippen LogP contribution in [0.15, 0.2) is 48.1 Å². The zero-order chi connectivity index (χ0) is 24.4. The fraction of sp³-hybridized carbons (Fsp3) is 0.500. The summed E-state index contributed by atoms with van der Waals surface area (Å²) in [6.45, 7) is -0.328. The van der Waals surface area contributed by atoms with Gasteiger partial charge < -0.3 is 4.74 Å². The van der Waals surface area contributed by atoms with Crippen LogP contribution in [-0.2, 0) is 0 Å². The monoisotopic (exact) mass is 482 g/mol. The van der Waals surface area contributed by atoms with E-state index in [0.29, 0.717) is 5.56 Å². The van der Waals surface area contributed by atoms with Gasteiger partial charge in [-0.05, 0) is 43.0 Å². The minimum absolute atomic E-state index is 0.172. The lowest BCUT2D eigenvalue weighted by molar-refractivity contribution is -0.396. The third-order valence-corrected chi connectivity index (χ3v) is 4.82. The maximum absolute atomic E-state index is 13.8. The molecule has 12 heteroatoms. The predicted octanol–water partition coefficient (Wildman–Crippen LogP) is 7.90. The molecule has 0 aromatic heterocycles. The molecule has 0 spiro atoms. The molecule has 0 radical (unpaired) electrons. The average Bonchev–Trinajstić information content (AvgIpc) is 2.69. The van der Waals surface area contributed by atoms with Crippen LogP contribution in [0.1, 0.15) is 37.2 Å². The number of halogens is 11. The Kier molecular flexibility index (Phi) is 7.55. The minimum atomic E-state index is -6.90. The van der Waals surface area contributed by atoms with Crippen molar-refractivity contribution in [1.29, 1.82) is 0 Å². The molecule has 0 saturated carbocycles. The molecule has 1 unspecified atom stereocenters. The summed E-state index contributed by atoms with van der Waals surface area (Å²) >= 11 is 0. The lowest BCUT2D eigenvalue weighted by atomic mass is 9.91. The quantitative estimate of drug-likeness (QED) is 0.257. The summed E-state index contributed by atoms with van der Waals surface area (Å²) in [5, 5.41) is 0. The molecule has 2 rings (SSSR count). The molecule has 32 heavy (non-hydrogen) atoms. The first kappa shape index (κ1) is 26.0. The van der Waals surface area contributed by atoms with Gasteiger partial charge in [0.2, 0.25) is 0 Å². The fourth-order valence-corrected chi connectivity index (χ4v) is 2.94. The van der Waals surface area contributed by atoms with E-state index < -0.39 is 54.4 Å². The van der Waals surface area contributed by atoms with E-state index >= 15 is 0 Å². The van der Waals surface area contributed by atoms with E-state index in [1.165, 1.54) is 30.3 Å². The van der Waals surface area contributed by atoms with Crippen LogP contribution in [0.4, 0.5) is 48.3 Å². The van der Waals surface area contributed by atoms with Crippen molar-refractivity contribution in [2.24, 2.45) is 0 Å². The number of alkyl halides is 9. The normalized spacial score (nSPS) is 18.3. The van der Waals surface area contributed by atoms with Gasteiger partial charge in [-0.1, -0.05) is 18.2 Å². The SMILES string of the molecule is FC1=C(F)C(c2ccc(OCCCCC(F)(F)C(F)(F)C(F)(F)C(F)(F)F)cc2)CC=C1. The first-order chi connectivity index (χ1) is 14.6.